The Morgan fingerprint density at radius 3 is 2.53 bits per heavy atom. The molecule has 1 aromatic carbocycles. The van der Waals surface area contributed by atoms with Gasteiger partial charge in [0.15, 0.2) is 0 Å². The molecule has 1 spiro atoms. The molecule has 3 N–H and O–H groups in total. The topological polar surface area (TPSA) is 117 Å². The van der Waals surface area contributed by atoms with E-state index in [1.165, 1.54) is 11.9 Å². The predicted molar refractivity (Wildman–Crippen MR) is 129 cm³/mol. The average molecular weight is 538 g/mol. The number of methoxy groups -OCH3 is 1. The molecule has 3 aliphatic heterocycles. The molecule has 3 saturated heterocycles. The lowest BCUT2D eigenvalue weighted by Gasteiger charge is -2.37. The molecule has 3 aliphatic rings. The molecule has 34 heavy (non-hydrogen) atoms. The largest absolute Gasteiger partial charge is 0.497 e. The smallest absolute Gasteiger partial charge is 0.250 e. The third-order valence-corrected chi connectivity index (χ3v) is 8.07. The number of hydrogen-bond donors (Lipinski definition) is 3. The number of halogens is 1. The number of carbonyl (C=O) groups is 3. The van der Waals surface area contributed by atoms with Crippen molar-refractivity contribution < 1.29 is 29.0 Å². The van der Waals surface area contributed by atoms with E-state index in [-0.39, 0.29) is 29.2 Å². The number of ether oxygens (including phenoxy) is 2. The van der Waals surface area contributed by atoms with Crippen molar-refractivity contribution in [2.75, 3.05) is 26.1 Å². The van der Waals surface area contributed by atoms with Crippen LogP contribution in [0.4, 0.5) is 5.69 Å². The maximum Gasteiger partial charge on any atom is 0.250 e. The molecule has 9 nitrogen and oxygen atoms in total. The molecule has 3 heterocycles. The number of nitrogens with zero attached hydrogens (tertiary/aromatic N) is 1. The second-order valence-electron chi connectivity index (χ2n) is 9.71. The summed E-state index contributed by atoms with van der Waals surface area (Å²) >= 11 is 3.63. The van der Waals surface area contributed by atoms with E-state index >= 15 is 0 Å². The van der Waals surface area contributed by atoms with Gasteiger partial charge in [-0.25, -0.2) is 0 Å². The summed E-state index contributed by atoms with van der Waals surface area (Å²) in [6, 6.07) is 5.36. The zero-order valence-electron chi connectivity index (χ0n) is 19.8. The lowest BCUT2D eigenvalue weighted by Crippen LogP contribution is -2.56. The minimum Gasteiger partial charge on any atom is -0.497 e. The number of anilines is 1. The van der Waals surface area contributed by atoms with Crippen LogP contribution < -0.4 is 15.4 Å². The highest BCUT2D eigenvalue weighted by molar-refractivity contribution is 9.09. The number of carbonyl (C=O) groups excluding carboxylic acids is 3. The minimum absolute atomic E-state index is 0.173. The van der Waals surface area contributed by atoms with E-state index in [0.29, 0.717) is 24.3 Å². The van der Waals surface area contributed by atoms with Gasteiger partial charge in [-0.1, -0.05) is 29.8 Å². The molecule has 3 unspecified atom stereocenters. The van der Waals surface area contributed by atoms with Gasteiger partial charge in [-0.15, -0.1) is 0 Å². The standard InChI is InChI=1S/C24H32BrN3O6/c1-12(2)9-14(11-29)28-20(22(31)27-13-5-7-15(33-4)8-6-13)24-10-16(25)19(34-24)17(21(30)26-3)18(24)23(28)32/h5-8,12,14,16-20,29H,9-11H2,1-4H3,(H,26,30)(H,27,31)/t14-,16?,17+,18+,19+,20?,24?/m1/s1. The Labute approximate surface area is 207 Å². The quantitative estimate of drug-likeness (QED) is 0.433. The Morgan fingerprint density at radius 1 is 1.29 bits per heavy atom. The first-order chi connectivity index (χ1) is 16.2. The molecule has 186 valence electrons. The predicted octanol–water partition coefficient (Wildman–Crippen LogP) is 1.53. The van der Waals surface area contributed by atoms with E-state index in [0.717, 1.165) is 0 Å². The van der Waals surface area contributed by atoms with Crippen LogP contribution >= 0.6 is 15.9 Å². The average Bonchev–Trinajstić information content (AvgIpc) is 3.40. The number of alkyl halides is 1. The van der Waals surface area contributed by atoms with Crippen LogP contribution in [0.5, 0.6) is 5.75 Å². The number of rotatable bonds is 8. The number of amides is 3. The van der Waals surface area contributed by atoms with E-state index < -0.39 is 41.5 Å². The Morgan fingerprint density at radius 2 is 1.97 bits per heavy atom. The zero-order chi connectivity index (χ0) is 24.8. The number of aliphatic hydroxyl groups excluding tert-OH is 1. The van der Waals surface area contributed by atoms with Crippen LogP contribution in [0.15, 0.2) is 24.3 Å². The first-order valence-electron chi connectivity index (χ1n) is 11.6. The Balaban J connectivity index is 1.75. The normalized spacial score (nSPS) is 32.6. The molecule has 0 radical (unpaired) electrons. The monoisotopic (exact) mass is 537 g/mol. The molecule has 2 bridgehead atoms. The van der Waals surface area contributed by atoms with Gasteiger partial charge in [-0.3, -0.25) is 14.4 Å². The lowest BCUT2D eigenvalue weighted by atomic mass is 9.70. The van der Waals surface area contributed by atoms with Crippen molar-refractivity contribution in [2.45, 2.75) is 55.3 Å². The maximum atomic E-state index is 13.9. The molecule has 0 aliphatic carbocycles. The highest BCUT2D eigenvalue weighted by Crippen LogP contribution is 2.60. The Bertz CT molecular complexity index is 957. The fourth-order valence-electron chi connectivity index (χ4n) is 5.93. The molecule has 1 aromatic rings. The van der Waals surface area contributed by atoms with E-state index in [4.69, 9.17) is 9.47 Å². The van der Waals surface area contributed by atoms with E-state index in [2.05, 4.69) is 26.6 Å². The van der Waals surface area contributed by atoms with Crippen LogP contribution in [0.25, 0.3) is 0 Å². The summed E-state index contributed by atoms with van der Waals surface area (Å²) in [5.74, 6) is -1.67. The van der Waals surface area contributed by atoms with Crippen molar-refractivity contribution in [2.24, 2.45) is 17.8 Å². The van der Waals surface area contributed by atoms with Crippen molar-refractivity contribution in [3.8, 4) is 5.75 Å². The van der Waals surface area contributed by atoms with Gasteiger partial charge in [0.25, 0.3) is 0 Å². The number of benzene rings is 1. The van der Waals surface area contributed by atoms with Gasteiger partial charge in [0.1, 0.15) is 17.4 Å². The summed E-state index contributed by atoms with van der Waals surface area (Å²) in [5, 5.41) is 15.8. The molecule has 0 aromatic heterocycles. The van der Waals surface area contributed by atoms with Gasteiger partial charge in [-0.2, -0.15) is 0 Å². The van der Waals surface area contributed by atoms with E-state index in [1.54, 1.807) is 31.4 Å². The number of hydrogen-bond acceptors (Lipinski definition) is 6. The van der Waals surface area contributed by atoms with Crippen molar-refractivity contribution >= 4 is 39.3 Å². The van der Waals surface area contributed by atoms with E-state index in [1.807, 2.05) is 13.8 Å². The van der Waals surface area contributed by atoms with Crippen molar-refractivity contribution in [3.05, 3.63) is 24.3 Å². The summed E-state index contributed by atoms with van der Waals surface area (Å²) in [6.07, 6.45) is 0.423. The lowest BCUT2D eigenvalue weighted by molar-refractivity contribution is -0.144. The van der Waals surface area contributed by atoms with Crippen molar-refractivity contribution in [3.63, 3.8) is 0 Å². The summed E-state index contributed by atoms with van der Waals surface area (Å²) < 4.78 is 11.6. The van der Waals surface area contributed by atoms with Crippen LogP contribution in [0.2, 0.25) is 0 Å². The van der Waals surface area contributed by atoms with Crippen LogP contribution in [-0.4, -0.2) is 77.1 Å². The van der Waals surface area contributed by atoms with Crippen LogP contribution in [0, 0.1) is 17.8 Å². The molecule has 7 atom stereocenters. The SMILES string of the molecule is CNC(=O)[C@H]1[C@H]2C(=O)N([C@@H](CO)CC(C)C)C(C(=O)Nc3ccc(OC)cc3)C23CC(Br)[C@@H]1O3. The maximum absolute atomic E-state index is 13.9. The van der Waals surface area contributed by atoms with Gasteiger partial charge in [0.05, 0.1) is 37.7 Å². The van der Waals surface area contributed by atoms with Gasteiger partial charge in [0.2, 0.25) is 17.7 Å². The highest BCUT2D eigenvalue weighted by atomic mass is 79.9. The molecule has 4 rings (SSSR count). The second-order valence-corrected chi connectivity index (χ2v) is 10.9. The minimum atomic E-state index is -1.16. The molecule has 3 amide bonds. The Kier molecular flexibility index (Phi) is 6.94. The first-order valence-corrected chi connectivity index (χ1v) is 12.5. The molecular formula is C24H32BrN3O6. The summed E-state index contributed by atoms with van der Waals surface area (Å²) in [7, 11) is 3.09. The first kappa shape index (κ1) is 24.9. The van der Waals surface area contributed by atoms with Crippen molar-refractivity contribution in [1.82, 2.24) is 10.2 Å². The van der Waals surface area contributed by atoms with Gasteiger partial charge >= 0.3 is 0 Å². The summed E-state index contributed by atoms with van der Waals surface area (Å²) in [5.41, 5.74) is -0.609. The highest BCUT2D eigenvalue weighted by Gasteiger charge is 2.76. The van der Waals surface area contributed by atoms with Gasteiger partial charge in [-0.05, 0) is 43.0 Å². The summed E-state index contributed by atoms with van der Waals surface area (Å²) in [4.78, 5) is 41.8. The number of likely N-dealkylation sites (tertiary alicyclic amines) is 1. The molecular weight excluding hydrogens is 506 g/mol. The van der Waals surface area contributed by atoms with Crippen LogP contribution in [0.1, 0.15) is 26.7 Å². The van der Waals surface area contributed by atoms with Gasteiger partial charge in [0, 0.05) is 17.6 Å². The van der Waals surface area contributed by atoms with Crippen molar-refractivity contribution in [1.29, 1.82) is 0 Å². The van der Waals surface area contributed by atoms with Crippen LogP contribution in [-0.2, 0) is 19.1 Å². The molecule has 10 heteroatoms. The number of fused-ring (bicyclic) bond motifs is 1. The number of aliphatic hydroxyl groups is 1. The molecule has 3 fully saturated rings. The third kappa shape index (κ3) is 3.89. The second kappa shape index (κ2) is 9.47. The molecule has 0 saturated carbocycles. The fourth-order valence-corrected chi connectivity index (χ4v) is 6.87. The number of nitrogens with one attached hydrogen (secondary N) is 2. The van der Waals surface area contributed by atoms with Crippen LogP contribution in [0.3, 0.4) is 0 Å². The summed E-state index contributed by atoms with van der Waals surface area (Å²) in [6.45, 7) is 3.71. The Hall–Kier alpha value is -2.17. The third-order valence-electron chi connectivity index (χ3n) is 7.23. The van der Waals surface area contributed by atoms with Gasteiger partial charge < -0.3 is 30.1 Å². The van der Waals surface area contributed by atoms with E-state index in [9.17, 15) is 19.5 Å². The zero-order valence-corrected chi connectivity index (χ0v) is 21.4. The fraction of sp³-hybridized carbons (Fsp3) is 0.625.